The lowest BCUT2D eigenvalue weighted by Gasteiger charge is -2.04. The second kappa shape index (κ2) is 4.78. The first-order valence-electron chi connectivity index (χ1n) is 5.47. The minimum absolute atomic E-state index is 0.304. The fourth-order valence-electron chi connectivity index (χ4n) is 1.64. The molecular weight excluding hydrogens is 216 g/mol. The van der Waals surface area contributed by atoms with Crippen LogP contribution in [-0.2, 0) is 13.0 Å². The second-order valence-electron chi connectivity index (χ2n) is 3.72. The Kier molecular flexibility index (Phi) is 3.18. The first-order valence-corrected chi connectivity index (χ1v) is 5.47. The maximum atomic E-state index is 11.1. The highest BCUT2D eigenvalue weighted by Gasteiger charge is 2.10. The Morgan fingerprint density at radius 2 is 2.29 bits per heavy atom. The summed E-state index contributed by atoms with van der Waals surface area (Å²) in [4.78, 5) is 15.3. The molecule has 2 heterocycles. The maximum Gasteiger partial charge on any atom is 0.269 e. The molecule has 0 unspecified atom stereocenters. The van der Waals surface area contributed by atoms with Crippen LogP contribution >= 0.6 is 0 Å². The van der Waals surface area contributed by atoms with Crippen LogP contribution in [0.3, 0.4) is 0 Å². The van der Waals surface area contributed by atoms with Crippen molar-refractivity contribution in [3.63, 3.8) is 0 Å². The van der Waals surface area contributed by atoms with Crippen molar-refractivity contribution in [1.29, 1.82) is 0 Å². The molecule has 1 amide bonds. The molecule has 0 aliphatic rings. The Balaban J connectivity index is 2.29. The first-order chi connectivity index (χ1) is 8.20. The second-order valence-corrected chi connectivity index (χ2v) is 3.72. The summed E-state index contributed by atoms with van der Waals surface area (Å²) in [6, 6.07) is 7.44. The number of primary amides is 1. The summed E-state index contributed by atoms with van der Waals surface area (Å²) in [6.07, 6.45) is 2.53. The quantitative estimate of drug-likeness (QED) is 0.851. The van der Waals surface area contributed by atoms with Crippen LogP contribution in [0.4, 0.5) is 0 Å². The maximum absolute atomic E-state index is 11.1. The van der Waals surface area contributed by atoms with Crippen LogP contribution in [0.25, 0.3) is 0 Å². The molecule has 0 radical (unpaired) electrons. The zero-order chi connectivity index (χ0) is 12.3. The first kappa shape index (κ1) is 11.3. The van der Waals surface area contributed by atoms with Gasteiger partial charge in [0.25, 0.3) is 5.91 Å². The van der Waals surface area contributed by atoms with E-state index >= 15 is 0 Å². The van der Waals surface area contributed by atoms with Crippen LogP contribution in [0.5, 0.6) is 0 Å². The standard InChI is InChI=1S/C12H14N4O/c1-2-10-7-11(12(13)17)15-16(10)8-9-5-3-4-6-14-9/h3-7H,2,8H2,1H3,(H2,13,17). The third-order valence-corrected chi connectivity index (χ3v) is 2.52. The van der Waals surface area contributed by atoms with Crippen LogP contribution in [0.1, 0.15) is 28.8 Å². The highest BCUT2D eigenvalue weighted by atomic mass is 16.1. The number of nitrogens with zero attached hydrogens (tertiary/aromatic N) is 3. The van der Waals surface area contributed by atoms with E-state index in [4.69, 9.17) is 5.73 Å². The molecule has 0 saturated carbocycles. The average molecular weight is 230 g/mol. The van der Waals surface area contributed by atoms with Gasteiger partial charge < -0.3 is 5.73 Å². The molecular formula is C12H14N4O. The molecule has 5 heteroatoms. The van der Waals surface area contributed by atoms with Gasteiger partial charge in [0.2, 0.25) is 0 Å². The summed E-state index contributed by atoms with van der Waals surface area (Å²) in [5, 5.41) is 4.18. The van der Waals surface area contributed by atoms with E-state index in [0.717, 1.165) is 17.8 Å². The van der Waals surface area contributed by atoms with Crippen LogP contribution in [0.2, 0.25) is 0 Å². The predicted octanol–water partition coefficient (Wildman–Crippen LogP) is 0.988. The third-order valence-electron chi connectivity index (χ3n) is 2.52. The number of hydrogen-bond acceptors (Lipinski definition) is 3. The number of aromatic nitrogens is 3. The SMILES string of the molecule is CCc1cc(C(N)=O)nn1Cc1ccccn1. The van der Waals surface area contributed by atoms with E-state index in [9.17, 15) is 4.79 Å². The van der Waals surface area contributed by atoms with Gasteiger partial charge in [-0.2, -0.15) is 5.10 Å². The van der Waals surface area contributed by atoms with E-state index in [1.165, 1.54) is 0 Å². The van der Waals surface area contributed by atoms with E-state index in [0.29, 0.717) is 12.2 Å². The molecule has 17 heavy (non-hydrogen) atoms. The van der Waals surface area contributed by atoms with Gasteiger partial charge in [0.05, 0.1) is 12.2 Å². The van der Waals surface area contributed by atoms with Gasteiger partial charge in [0.1, 0.15) is 5.69 Å². The number of aryl methyl sites for hydroxylation is 1. The fraction of sp³-hybridized carbons (Fsp3) is 0.250. The van der Waals surface area contributed by atoms with Crippen LogP contribution < -0.4 is 5.73 Å². The molecule has 0 aromatic carbocycles. The summed E-state index contributed by atoms with van der Waals surface area (Å²) in [5.41, 5.74) is 7.40. The van der Waals surface area contributed by atoms with Crippen LogP contribution in [0, 0.1) is 0 Å². The molecule has 5 nitrogen and oxygen atoms in total. The van der Waals surface area contributed by atoms with Crippen molar-refractivity contribution >= 4 is 5.91 Å². The number of carbonyl (C=O) groups excluding carboxylic acids is 1. The van der Waals surface area contributed by atoms with Gasteiger partial charge in [-0.25, -0.2) is 0 Å². The average Bonchev–Trinajstić information content (AvgIpc) is 2.74. The van der Waals surface area contributed by atoms with Gasteiger partial charge >= 0.3 is 0 Å². The van der Waals surface area contributed by atoms with E-state index < -0.39 is 5.91 Å². The van der Waals surface area contributed by atoms with Crippen molar-refractivity contribution < 1.29 is 4.79 Å². The molecule has 0 bridgehead atoms. The third kappa shape index (κ3) is 2.50. The fourth-order valence-corrected chi connectivity index (χ4v) is 1.64. The summed E-state index contributed by atoms with van der Waals surface area (Å²) in [6.45, 7) is 2.56. The zero-order valence-corrected chi connectivity index (χ0v) is 9.63. The summed E-state index contributed by atoms with van der Waals surface area (Å²) in [7, 11) is 0. The molecule has 0 aliphatic carbocycles. The van der Waals surface area contributed by atoms with Crippen molar-refractivity contribution in [2.24, 2.45) is 5.73 Å². The lowest BCUT2D eigenvalue weighted by atomic mass is 10.3. The van der Waals surface area contributed by atoms with E-state index in [1.54, 1.807) is 16.9 Å². The minimum Gasteiger partial charge on any atom is -0.364 e. The van der Waals surface area contributed by atoms with Crippen LogP contribution in [-0.4, -0.2) is 20.7 Å². The zero-order valence-electron chi connectivity index (χ0n) is 9.63. The molecule has 0 fully saturated rings. The lowest BCUT2D eigenvalue weighted by molar-refractivity contribution is 0.0995. The highest BCUT2D eigenvalue weighted by molar-refractivity contribution is 5.90. The lowest BCUT2D eigenvalue weighted by Crippen LogP contribution is -2.13. The van der Waals surface area contributed by atoms with Gasteiger partial charge in [0.15, 0.2) is 0 Å². The molecule has 0 spiro atoms. The van der Waals surface area contributed by atoms with Gasteiger partial charge in [-0.05, 0) is 24.6 Å². The summed E-state index contributed by atoms with van der Waals surface area (Å²) >= 11 is 0. The van der Waals surface area contributed by atoms with Crippen molar-refractivity contribution in [3.8, 4) is 0 Å². The van der Waals surface area contributed by atoms with Crippen molar-refractivity contribution in [2.75, 3.05) is 0 Å². The molecule has 2 rings (SSSR count). The van der Waals surface area contributed by atoms with Gasteiger partial charge in [-0.1, -0.05) is 13.0 Å². The van der Waals surface area contributed by atoms with Crippen molar-refractivity contribution in [3.05, 3.63) is 47.5 Å². The largest absolute Gasteiger partial charge is 0.364 e. The number of amides is 1. The van der Waals surface area contributed by atoms with E-state index in [1.807, 2.05) is 25.1 Å². The summed E-state index contributed by atoms with van der Waals surface area (Å²) in [5.74, 6) is -0.500. The predicted molar refractivity (Wildman–Crippen MR) is 63.5 cm³/mol. The van der Waals surface area contributed by atoms with E-state index in [-0.39, 0.29) is 0 Å². The number of nitrogens with two attached hydrogens (primary N) is 1. The molecule has 0 aliphatic heterocycles. The Hall–Kier alpha value is -2.17. The smallest absolute Gasteiger partial charge is 0.269 e. The summed E-state index contributed by atoms with van der Waals surface area (Å²) < 4.78 is 1.77. The monoisotopic (exact) mass is 230 g/mol. The number of pyridine rings is 1. The molecule has 2 aromatic rings. The topological polar surface area (TPSA) is 73.8 Å². The Morgan fingerprint density at radius 3 is 2.88 bits per heavy atom. The molecule has 0 saturated heterocycles. The molecule has 2 aromatic heterocycles. The molecule has 0 atom stereocenters. The minimum atomic E-state index is -0.500. The normalized spacial score (nSPS) is 10.4. The van der Waals surface area contributed by atoms with E-state index in [2.05, 4.69) is 10.1 Å². The van der Waals surface area contributed by atoms with Gasteiger partial charge in [0, 0.05) is 11.9 Å². The Morgan fingerprint density at radius 1 is 1.47 bits per heavy atom. The molecule has 2 N–H and O–H groups in total. The van der Waals surface area contributed by atoms with Crippen molar-refractivity contribution in [1.82, 2.24) is 14.8 Å². The highest BCUT2D eigenvalue weighted by Crippen LogP contribution is 2.07. The molecule has 88 valence electrons. The number of carbonyl (C=O) groups is 1. The Bertz CT molecular complexity index is 519. The van der Waals surface area contributed by atoms with Crippen LogP contribution in [0.15, 0.2) is 30.5 Å². The number of rotatable bonds is 4. The van der Waals surface area contributed by atoms with Gasteiger partial charge in [-0.15, -0.1) is 0 Å². The number of hydrogen-bond donors (Lipinski definition) is 1. The van der Waals surface area contributed by atoms with Crippen molar-refractivity contribution in [2.45, 2.75) is 19.9 Å². The Labute approximate surface area is 99.3 Å². The van der Waals surface area contributed by atoms with Gasteiger partial charge in [-0.3, -0.25) is 14.5 Å².